The lowest BCUT2D eigenvalue weighted by molar-refractivity contribution is 0.0916. The van der Waals surface area contributed by atoms with Gasteiger partial charge in [-0.25, -0.2) is 13.8 Å². The van der Waals surface area contributed by atoms with Crippen LogP contribution in [-0.4, -0.2) is 39.0 Å². The average molecular weight is 306 g/mol. The van der Waals surface area contributed by atoms with E-state index in [4.69, 9.17) is 4.74 Å². The van der Waals surface area contributed by atoms with Gasteiger partial charge in [-0.05, 0) is 12.8 Å². The highest BCUT2D eigenvalue weighted by Gasteiger charge is 2.22. The number of hydrogen-bond acceptors (Lipinski definition) is 5. The van der Waals surface area contributed by atoms with Crippen LogP contribution in [0.25, 0.3) is 0 Å². The minimum absolute atomic E-state index is 0.0556. The molecule has 0 spiro atoms. The van der Waals surface area contributed by atoms with Crippen LogP contribution < -0.4 is 4.74 Å². The second-order valence-corrected chi connectivity index (χ2v) is 5.22. The molecule has 2 aromatic heterocycles. The molecular weight excluding hydrogens is 290 g/mol. The molecule has 0 aliphatic carbocycles. The Balaban J connectivity index is 1.54. The number of hydrogen-bond donors (Lipinski definition) is 0. The highest BCUT2D eigenvalue weighted by molar-refractivity contribution is 5.15. The number of rotatable bonds is 4. The van der Waals surface area contributed by atoms with Crippen molar-refractivity contribution in [2.24, 2.45) is 0 Å². The van der Waals surface area contributed by atoms with Gasteiger partial charge in [-0.1, -0.05) is 0 Å². The average Bonchev–Trinajstić information content (AvgIpc) is 2.54. The van der Waals surface area contributed by atoms with Crippen molar-refractivity contribution < 1.29 is 13.5 Å². The summed E-state index contributed by atoms with van der Waals surface area (Å²) in [5.41, 5.74) is 0.0725. The summed E-state index contributed by atoms with van der Waals surface area (Å²) in [5, 5.41) is 0. The maximum atomic E-state index is 13.6. The minimum Gasteiger partial charge on any atom is -0.473 e. The van der Waals surface area contributed by atoms with Crippen LogP contribution in [0.1, 0.15) is 18.4 Å². The van der Waals surface area contributed by atoms with Gasteiger partial charge in [0.25, 0.3) is 0 Å². The summed E-state index contributed by atoms with van der Waals surface area (Å²) < 4.78 is 32.9. The third-order valence-corrected chi connectivity index (χ3v) is 3.70. The van der Waals surface area contributed by atoms with E-state index in [1.165, 1.54) is 0 Å². The van der Waals surface area contributed by atoms with Gasteiger partial charge in [0, 0.05) is 37.6 Å². The van der Waals surface area contributed by atoms with Gasteiger partial charge in [0.05, 0.1) is 18.6 Å². The lowest BCUT2D eigenvalue weighted by Crippen LogP contribution is -2.38. The molecule has 0 amide bonds. The van der Waals surface area contributed by atoms with Crippen LogP contribution in [0.3, 0.4) is 0 Å². The van der Waals surface area contributed by atoms with Gasteiger partial charge in [0.2, 0.25) is 5.88 Å². The Morgan fingerprint density at radius 1 is 1.05 bits per heavy atom. The van der Waals surface area contributed by atoms with Crippen LogP contribution in [0.2, 0.25) is 0 Å². The van der Waals surface area contributed by atoms with Crippen molar-refractivity contribution in [3.63, 3.8) is 0 Å². The van der Waals surface area contributed by atoms with Crippen molar-refractivity contribution >= 4 is 0 Å². The Morgan fingerprint density at radius 2 is 1.77 bits per heavy atom. The Kier molecular flexibility index (Phi) is 4.53. The van der Waals surface area contributed by atoms with E-state index in [0.717, 1.165) is 25.2 Å². The van der Waals surface area contributed by atoms with Gasteiger partial charge in [0.1, 0.15) is 17.7 Å². The summed E-state index contributed by atoms with van der Waals surface area (Å²) in [7, 11) is 0. The van der Waals surface area contributed by atoms with E-state index in [1.807, 2.05) is 4.90 Å². The molecule has 5 nitrogen and oxygen atoms in total. The second-order valence-electron chi connectivity index (χ2n) is 5.22. The fraction of sp³-hybridized carbons (Fsp3) is 0.400. The smallest absolute Gasteiger partial charge is 0.232 e. The van der Waals surface area contributed by atoms with Crippen molar-refractivity contribution in [3.8, 4) is 5.88 Å². The normalized spacial score (nSPS) is 16.6. The van der Waals surface area contributed by atoms with Crippen LogP contribution in [0.5, 0.6) is 5.88 Å². The topological polar surface area (TPSA) is 51.1 Å². The summed E-state index contributed by atoms with van der Waals surface area (Å²) in [6.45, 7) is 1.68. The van der Waals surface area contributed by atoms with Crippen LogP contribution in [0.15, 0.2) is 31.0 Å². The number of nitrogens with zero attached hydrogens (tertiary/aromatic N) is 4. The molecule has 22 heavy (non-hydrogen) atoms. The molecular formula is C15H16F2N4O. The van der Waals surface area contributed by atoms with E-state index in [0.29, 0.717) is 19.0 Å². The molecule has 1 aliphatic heterocycles. The highest BCUT2D eigenvalue weighted by atomic mass is 19.1. The van der Waals surface area contributed by atoms with Crippen molar-refractivity contribution in [2.75, 3.05) is 13.1 Å². The summed E-state index contributed by atoms with van der Waals surface area (Å²) in [4.78, 5) is 13.5. The molecule has 0 bridgehead atoms. The molecule has 116 valence electrons. The minimum atomic E-state index is -0.599. The van der Waals surface area contributed by atoms with Crippen molar-refractivity contribution in [2.45, 2.75) is 25.5 Å². The van der Waals surface area contributed by atoms with Gasteiger partial charge in [-0.3, -0.25) is 14.9 Å². The molecule has 0 N–H and O–H groups in total. The molecule has 3 heterocycles. The number of piperidine rings is 1. The number of likely N-dealkylation sites (tertiary alicyclic amines) is 1. The predicted molar refractivity (Wildman–Crippen MR) is 75.1 cm³/mol. The summed E-state index contributed by atoms with van der Waals surface area (Å²) in [6, 6.07) is 0. The van der Waals surface area contributed by atoms with E-state index in [-0.39, 0.29) is 18.2 Å². The molecule has 7 heteroatoms. The molecule has 1 fully saturated rings. The van der Waals surface area contributed by atoms with Crippen molar-refractivity contribution in [3.05, 3.63) is 48.2 Å². The van der Waals surface area contributed by atoms with Crippen LogP contribution in [0, 0.1) is 11.6 Å². The quantitative estimate of drug-likeness (QED) is 0.866. The van der Waals surface area contributed by atoms with Crippen molar-refractivity contribution in [1.29, 1.82) is 0 Å². The van der Waals surface area contributed by atoms with Crippen LogP contribution >= 0.6 is 0 Å². The Bertz CT molecular complexity index is 598. The first-order chi connectivity index (χ1) is 10.7. The molecule has 0 unspecified atom stereocenters. The number of pyridine rings is 1. The fourth-order valence-corrected chi connectivity index (χ4v) is 2.51. The summed E-state index contributed by atoms with van der Waals surface area (Å²) in [5.74, 6) is -0.692. The molecule has 0 radical (unpaired) electrons. The molecule has 1 aliphatic rings. The molecule has 2 aromatic rings. The number of ether oxygens (including phenoxy) is 1. The maximum Gasteiger partial charge on any atom is 0.232 e. The molecule has 3 rings (SSSR count). The third kappa shape index (κ3) is 3.54. The van der Waals surface area contributed by atoms with Crippen LogP contribution in [-0.2, 0) is 6.54 Å². The summed E-state index contributed by atoms with van der Waals surface area (Å²) >= 11 is 0. The lowest BCUT2D eigenvalue weighted by Gasteiger charge is -2.31. The molecule has 1 saturated heterocycles. The maximum absolute atomic E-state index is 13.6. The van der Waals surface area contributed by atoms with E-state index in [2.05, 4.69) is 15.0 Å². The van der Waals surface area contributed by atoms with Gasteiger partial charge in [-0.15, -0.1) is 0 Å². The molecule has 0 aromatic carbocycles. The highest BCUT2D eigenvalue weighted by Crippen LogP contribution is 2.20. The van der Waals surface area contributed by atoms with E-state index >= 15 is 0 Å². The summed E-state index contributed by atoms with van der Waals surface area (Å²) in [6.07, 6.45) is 8.46. The number of aromatic nitrogens is 3. The largest absolute Gasteiger partial charge is 0.473 e. The first-order valence-electron chi connectivity index (χ1n) is 7.15. The zero-order valence-corrected chi connectivity index (χ0v) is 12.0. The Hall–Kier alpha value is -2.15. The fourth-order valence-electron chi connectivity index (χ4n) is 2.51. The Morgan fingerprint density at radius 3 is 2.41 bits per heavy atom. The zero-order valence-electron chi connectivity index (χ0n) is 12.0. The van der Waals surface area contributed by atoms with E-state index in [1.54, 1.807) is 18.6 Å². The van der Waals surface area contributed by atoms with E-state index in [9.17, 15) is 8.78 Å². The predicted octanol–water partition coefficient (Wildman–Crippen LogP) is 2.19. The third-order valence-electron chi connectivity index (χ3n) is 3.70. The first kappa shape index (κ1) is 14.8. The van der Waals surface area contributed by atoms with Crippen LogP contribution in [0.4, 0.5) is 8.78 Å². The lowest BCUT2D eigenvalue weighted by atomic mass is 10.1. The standard InChI is InChI=1S/C15H16F2N4O/c16-13-7-19-8-14(17)12(13)10-21-5-1-11(2-6-21)22-15-9-18-3-4-20-15/h3-4,7-9,11H,1-2,5-6,10H2. The number of halogens is 2. The van der Waals surface area contributed by atoms with Gasteiger partial charge < -0.3 is 4.74 Å². The first-order valence-corrected chi connectivity index (χ1v) is 7.15. The Labute approximate surface area is 127 Å². The SMILES string of the molecule is Fc1cncc(F)c1CN1CCC(Oc2cnccn2)CC1. The van der Waals surface area contributed by atoms with E-state index < -0.39 is 11.6 Å². The van der Waals surface area contributed by atoms with Gasteiger partial charge in [-0.2, -0.15) is 0 Å². The van der Waals surface area contributed by atoms with Crippen molar-refractivity contribution in [1.82, 2.24) is 19.9 Å². The van der Waals surface area contributed by atoms with Gasteiger partial charge in [0.15, 0.2) is 0 Å². The second kappa shape index (κ2) is 6.74. The zero-order chi connectivity index (χ0) is 15.4. The monoisotopic (exact) mass is 306 g/mol. The van der Waals surface area contributed by atoms with Gasteiger partial charge >= 0.3 is 0 Å². The molecule has 0 saturated carbocycles. The molecule has 0 atom stereocenters.